The number of methoxy groups -OCH3 is 3. The number of benzene rings is 3. The lowest BCUT2D eigenvalue weighted by Gasteiger charge is -2.23. The Hall–Kier alpha value is -3.27. The van der Waals surface area contributed by atoms with Crippen molar-refractivity contribution >= 4 is 27.5 Å². The van der Waals surface area contributed by atoms with Crippen molar-refractivity contribution in [3.63, 3.8) is 0 Å². The van der Waals surface area contributed by atoms with Gasteiger partial charge in [0.15, 0.2) is 11.5 Å². The topological polar surface area (TPSA) is 94.2 Å². The molecule has 0 radical (unpaired) electrons. The number of nitrogens with one attached hydrogen (secondary N) is 1. The zero-order chi connectivity index (χ0) is 26.1. The molecule has 1 amide bonds. The van der Waals surface area contributed by atoms with Crippen LogP contribution in [0.15, 0.2) is 71.6 Å². The normalized spacial score (nSPS) is 11.2. The monoisotopic (exact) mass is 532 g/mol. The summed E-state index contributed by atoms with van der Waals surface area (Å²) in [5.74, 6) is 0.919. The van der Waals surface area contributed by atoms with Gasteiger partial charge in [0.05, 0.1) is 27.9 Å². The highest BCUT2D eigenvalue weighted by atomic mass is 35.5. The van der Waals surface area contributed by atoms with Gasteiger partial charge in [-0.1, -0.05) is 48.0 Å². The summed E-state index contributed by atoms with van der Waals surface area (Å²) in [6.07, 6.45) is 0.527. The molecule has 0 heterocycles. The summed E-state index contributed by atoms with van der Waals surface area (Å²) in [7, 11) is 0.376. The fourth-order valence-electron chi connectivity index (χ4n) is 3.60. The third-order valence-electron chi connectivity index (χ3n) is 5.45. The summed E-state index contributed by atoms with van der Waals surface area (Å²) in [4.78, 5) is 12.7. The maximum absolute atomic E-state index is 13.6. The maximum atomic E-state index is 13.6. The van der Waals surface area contributed by atoms with Crippen LogP contribution in [0.3, 0.4) is 0 Å². The van der Waals surface area contributed by atoms with Crippen LogP contribution in [-0.2, 0) is 27.8 Å². The largest absolute Gasteiger partial charge is 0.495 e. The Morgan fingerprint density at radius 2 is 1.53 bits per heavy atom. The molecule has 0 saturated heterocycles. The molecule has 0 fully saturated rings. The van der Waals surface area contributed by atoms with E-state index in [1.165, 1.54) is 19.2 Å². The molecule has 36 heavy (non-hydrogen) atoms. The molecule has 8 nitrogen and oxygen atoms in total. The van der Waals surface area contributed by atoms with Crippen LogP contribution >= 0.6 is 11.6 Å². The van der Waals surface area contributed by atoms with Gasteiger partial charge in [-0.05, 0) is 47.9 Å². The smallest absolute Gasteiger partial charge is 0.247 e. The summed E-state index contributed by atoms with van der Waals surface area (Å²) in [5, 5.41) is 3.05. The van der Waals surface area contributed by atoms with Crippen LogP contribution in [-0.4, -0.2) is 53.0 Å². The molecule has 10 heteroatoms. The molecule has 3 aromatic rings. The summed E-state index contributed by atoms with van der Waals surface area (Å²) < 4.78 is 44.2. The fraction of sp³-hybridized carbons (Fsp3) is 0.269. The number of hydrogen-bond acceptors (Lipinski definition) is 6. The first kappa shape index (κ1) is 27.3. The van der Waals surface area contributed by atoms with Crippen molar-refractivity contribution < 1.29 is 27.4 Å². The van der Waals surface area contributed by atoms with Gasteiger partial charge in [-0.25, -0.2) is 8.42 Å². The molecule has 0 aliphatic heterocycles. The molecule has 0 aromatic heterocycles. The van der Waals surface area contributed by atoms with Gasteiger partial charge in [0.2, 0.25) is 15.9 Å². The van der Waals surface area contributed by atoms with Gasteiger partial charge in [-0.15, -0.1) is 0 Å². The second-order valence-electron chi connectivity index (χ2n) is 7.84. The van der Waals surface area contributed by atoms with Crippen LogP contribution in [0.2, 0.25) is 5.02 Å². The minimum absolute atomic E-state index is 0.00192. The number of rotatable bonds is 12. The van der Waals surface area contributed by atoms with Crippen molar-refractivity contribution in [1.29, 1.82) is 0 Å². The molecule has 3 rings (SSSR count). The molecule has 0 saturated carbocycles. The highest BCUT2D eigenvalue weighted by Crippen LogP contribution is 2.30. The predicted molar refractivity (Wildman–Crippen MR) is 138 cm³/mol. The second-order valence-corrected chi connectivity index (χ2v) is 10.2. The van der Waals surface area contributed by atoms with E-state index in [-0.39, 0.29) is 28.8 Å². The molecule has 0 aliphatic rings. The summed E-state index contributed by atoms with van der Waals surface area (Å²) >= 11 is 6.08. The third kappa shape index (κ3) is 6.90. The molecule has 0 atom stereocenters. The van der Waals surface area contributed by atoms with Crippen molar-refractivity contribution in [1.82, 2.24) is 9.62 Å². The lowest BCUT2D eigenvalue weighted by molar-refractivity contribution is -0.121. The van der Waals surface area contributed by atoms with Crippen LogP contribution in [0, 0.1) is 0 Å². The Balaban J connectivity index is 1.76. The Labute approximate surface area is 216 Å². The molecule has 0 aliphatic carbocycles. The fourth-order valence-corrected chi connectivity index (χ4v) is 5.41. The first-order chi connectivity index (χ1) is 17.3. The highest BCUT2D eigenvalue weighted by molar-refractivity contribution is 7.89. The lowest BCUT2D eigenvalue weighted by atomic mass is 10.1. The summed E-state index contributed by atoms with van der Waals surface area (Å²) in [6, 6.07) is 18.9. The van der Waals surface area contributed by atoms with Crippen molar-refractivity contribution in [3.8, 4) is 17.2 Å². The molecule has 0 unspecified atom stereocenters. The minimum Gasteiger partial charge on any atom is -0.495 e. The summed E-state index contributed by atoms with van der Waals surface area (Å²) in [6.45, 7) is -0.0607. The number of carbonyl (C=O) groups is 1. The van der Waals surface area contributed by atoms with Crippen LogP contribution in [0.25, 0.3) is 0 Å². The number of sulfonamides is 1. The number of hydrogen-bond donors (Lipinski definition) is 1. The van der Waals surface area contributed by atoms with Gasteiger partial charge < -0.3 is 19.5 Å². The zero-order valence-electron chi connectivity index (χ0n) is 20.4. The second kappa shape index (κ2) is 12.6. The van der Waals surface area contributed by atoms with Crippen molar-refractivity contribution in [2.75, 3.05) is 34.4 Å². The molecular weight excluding hydrogens is 504 g/mol. The average molecular weight is 533 g/mol. The molecular formula is C26H29ClN2O6S. The van der Waals surface area contributed by atoms with E-state index in [4.69, 9.17) is 25.8 Å². The van der Waals surface area contributed by atoms with Gasteiger partial charge in [-0.3, -0.25) is 4.79 Å². The van der Waals surface area contributed by atoms with Crippen LogP contribution in [0.4, 0.5) is 0 Å². The van der Waals surface area contributed by atoms with E-state index in [1.54, 1.807) is 38.5 Å². The van der Waals surface area contributed by atoms with E-state index in [0.717, 1.165) is 15.4 Å². The number of ether oxygens (including phenoxy) is 3. The minimum atomic E-state index is -4.12. The first-order valence-electron chi connectivity index (χ1n) is 11.1. The van der Waals surface area contributed by atoms with E-state index in [1.807, 2.05) is 30.3 Å². The quantitative estimate of drug-likeness (QED) is 0.380. The standard InChI is InChI=1S/C26H29ClN2O6S/c1-33-22-11-9-19(15-24(22)35-3)13-14-28-26(30)18-29(17-20-7-5-4-6-8-20)36(31,32)25-16-21(27)10-12-23(25)34-2/h4-12,15-16H,13-14,17-18H2,1-3H3,(H,28,30). The SMILES string of the molecule is COc1ccc(CCNC(=O)CN(Cc2ccccc2)S(=O)(=O)c2cc(Cl)ccc2OC)cc1OC. The van der Waals surface area contributed by atoms with Crippen molar-refractivity contribution in [3.05, 3.63) is 82.9 Å². The average Bonchev–Trinajstić information content (AvgIpc) is 2.88. The maximum Gasteiger partial charge on any atom is 0.247 e. The van der Waals surface area contributed by atoms with Crippen LogP contribution in [0.5, 0.6) is 17.2 Å². The number of carbonyl (C=O) groups excluding carboxylic acids is 1. The number of nitrogens with zero attached hydrogens (tertiary/aromatic N) is 1. The molecule has 1 N–H and O–H groups in total. The number of halogens is 1. The predicted octanol–water partition coefficient (Wildman–Crippen LogP) is 3.92. The molecule has 0 spiro atoms. The summed E-state index contributed by atoms with van der Waals surface area (Å²) in [5.41, 5.74) is 1.67. The Kier molecular flexibility index (Phi) is 9.58. The van der Waals surface area contributed by atoms with Gasteiger partial charge in [0.1, 0.15) is 10.6 Å². The molecule has 3 aromatic carbocycles. The van der Waals surface area contributed by atoms with E-state index in [9.17, 15) is 13.2 Å². The van der Waals surface area contributed by atoms with Gasteiger partial charge in [-0.2, -0.15) is 4.31 Å². The number of amides is 1. The third-order valence-corrected chi connectivity index (χ3v) is 7.50. The highest BCUT2D eigenvalue weighted by Gasteiger charge is 2.30. The lowest BCUT2D eigenvalue weighted by Crippen LogP contribution is -2.41. The van der Waals surface area contributed by atoms with Gasteiger partial charge in [0.25, 0.3) is 0 Å². The Morgan fingerprint density at radius 3 is 2.19 bits per heavy atom. The van der Waals surface area contributed by atoms with E-state index >= 15 is 0 Å². The van der Waals surface area contributed by atoms with Crippen molar-refractivity contribution in [2.45, 2.75) is 17.9 Å². The Morgan fingerprint density at radius 1 is 0.861 bits per heavy atom. The van der Waals surface area contributed by atoms with Crippen LogP contribution in [0.1, 0.15) is 11.1 Å². The molecule has 192 valence electrons. The van der Waals surface area contributed by atoms with Gasteiger partial charge >= 0.3 is 0 Å². The van der Waals surface area contributed by atoms with E-state index in [0.29, 0.717) is 24.5 Å². The van der Waals surface area contributed by atoms with Crippen LogP contribution < -0.4 is 19.5 Å². The van der Waals surface area contributed by atoms with E-state index < -0.39 is 15.9 Å². The van der Waals surface area contributed by atoms with E-state index in [2.05, 4.69) is 5.32 Å². The zero-order valence-corrected chi connectivity index (χ0v) is 21.9. The first-order valence-corrected chi connectivity index (χ1v) is 13.0. The molecule has 0 bridgehead atoms. The van der Waals surface area contributed by atoms with Crippen molar-refractivity contribution in [2.24, 2.45) is 0 Å². The Bertz CT molecular complexity index is 1280. The van der Waals surface area contributed by atoms with Gasteiger partial charge in [0, 0.05) is 18.1 Å².